The minimum absolute atomic E-state index is 0.829. The summed E-state index contributed by atoms with van der Waals surface area (Å²) in [5.41, 5.74) is 1.71. The van der Waals surface area contributed by atoms with Gasteiger partial charge in [-0.1, -0.05) is 19.8 Å². The van der Waals surface area contributed by atoms with Crippen LogP contribution in [0.15, 0.2) is 0 Å². The van der Waals surface area contributed by atoms with E-state index in [4.69, 9.17) is 0 Å². The Hall–Kier alpha value is 0. The zero-order valence-electron chi connectivity index (χ0n) is 7.53. The molecule has 0 aromatic carbocycles. The van der Waals surface area contributed by atoms with E-state index in [1.165, 1.54) is 0 Å². The highest BCUT2D eigenvalue weighted by Crippen LogP contribution is 2.73. The Morgan fingerprint density at radius 2 is 1.73 bits per heavy atom. The van der Waals surface area contributed by atoms with Crippen molar-refractivity contribution in [2.75, 3.05) is 0 Å². The van der Waals surface area contributed by atoms with Crippen LogP contribution in [0.2, 0.25) is 0 Å². The van der Waals surface area contributed by atoms with Crippen LogP contribution in [0.5, 0.6) is 0 Å². The SMILES string of the molecule is CC1(C2(CC3CC3)CC2)CC1. The molecule has 0 spiro atoms. The van der Waals surface area contributed by atoms with Crippen molar-refractivity contribution in [3.05, 3.63) is 0 Å². The van der Waals surface area contributed by atoms with Gasteiger partial charge in [0, 0.05) is 0 Å². The molecule has 0 saturated heterocycles. The van der Waals surface area contributed by atoms with Crippen molar-refractivity contribution in [3.63, 3.8) is 0 Å². The van der Waals surface area contributed by atoms with Gasteiger partial charge in [0.15, 0.2) is 0 Å². The van der Waals surface area contributed by atoms with E-state index in [0.717, 1.165) is 16.7 Å². The summed E-state index contributed by atoms with van der Waals surface area (Å²) in [5.74, 6) is 1.16. The molecule has 3 saturated carbocycles. The van der Waals surface area contributed by atoms with Crippen molar-refractivity contribution in [1.82, 2.24) is 0 Å². The molecule has 0 heterocycles. The third-order valence-corrected chi connectivity index (χ3v) is 4.51. The van der Waals surface area contributed by atoms with Gasteiger partial charge >= 0.3 is 0 Å². The number of hydrogen-bond acceptors (Lipinski definition) is 0. The summed E-state index contributed by atoms with van der Waals surface area (Å²) in [7, 11) is 0. The molecule has 0 aromatic rings. The minimum Gasteiger partial charge on any atom is -0.0591 e. The second kappa shape index (κ2) is 1.67. The maximum atomic E-state index is 2.53. The number of hydrogen-bond donors (Lipinski definition) is 0. The second-order valence-corrected chi connectivity index (χ2v) is 5.49. The van der Waals surface area contributed by atoms with Crippen molar-refractivity contribution >= 4 is 0 Å². The van der Waals surface area contributed by atoms with Gasteiger partial charge in [0.1, 0.15) is 0 Å². The molecule has 0 heteroatoms. The molecule has 62 valence electrons. The van der Waals surface area contributed by atoms with Crippen LogP contribution in [0, 0.1) is 16.7 Å². The van der Waals surface area contributed by atoms with E-state index in [1.807, 2.05) is 0 Å². The summed E-state index contributed by atoms with van der Waals surface area (Å²) >= 11 is 0. The third-order valence-electron chi connectivity index (χ3n) is 4.51. The first kappa shape index (κ1) is 6.51. The highest BCUT2D eigenvalue weighted by atomic mass is 14.7. The molecule has 3 fully saturated rings. The zero-order chi connectivity index (χ0) is 7.53. The first-order valence-corrected chi connectivity index (χ1v) is 5.24. The molecule has 3 aliphatic rings. The molecule has 0 atom stereocenters. The lowest BCUT2D eigenvalue weighted by atomic mass is 9.83. The first-order valence-electron chi connectivity index (χ1n) is 5.24. The molecule has 0 N–H and O–H groups in total. The Labute approximate surface area is 69.4 Å². The fraction of sp³-hybridized carbons (Fsp3) is 1.00. The summed E-state index contributed by atoms with van der Waals surface area (Å²) in [6, 6.07) is 0. The van der Waals surface area contributed by atoms with Crippen LogP contribution in [0.1, 0.15) is 51.9 Å². The van der Waals surface area contributed by atoms with E-state index in [-0.39, 0.29) is 0 Å². The van der Waals surface area contributed by atoms with E-state index in [0.29, 0.717) is 0 Å². The van der Waals surface area contributed by atoms with Crippen LogP contribution in [-0.2, 0) is 0 Å². The molecular weight excluding hydrogens is 132 g/mol. The van der Waals surface area contributed by atoms with Gasteiger partial charge < -0.3 is 0 Å². The van der Waals surface area contributed by atoms with Crippen LogP contribution in [0.25, 0.3) is 0 Å². The van der Waals surface area contributed by atoms with Gasteiger partial charge in [-0.05, 0) is 48.9 Å². The smallest absolute Gasteiger partial charge is 0.0241 e. The van der Waals surface area contributed by atoms with E-state index in [2.05, 4.69) is 6.92 Å². The summed E-state index contributed by atoms with van der Waals surface area (Å²) < 4.78 is 0. The molecule has 0 aliphatic heterocycles. The van der Waals surface area contributed by atoms with Gasteiger partial charge in [-0.15, -0.1) is 0 Å². The van der Waals surface area contributed by atoms with Gasteiger partial charge in [-0.3, -0.25) is 0 Å². The molecular formula is C11H18. The van der Waals surface area contributed by atoms with Gasteiger partial charge in [0.25, 0.3) is 0 Å². The topological polar surface area (TPSA) is 0 Å². The molecule has 3 aliphatic carbocycles. The van der Waals surface area contributed by atoms with Crippen molar-refractivity contribution in [2.24, 2.45) is 16.7 Å². The summed E-state index contributed by atoms with van der Waals surface area (Å²) in [4.78, 5) is 0. The summed E-state index contributed by atoms with van der Waals surface area (Å²) in [6.07, 6.45) is 10.9. The average molecular weight is 150 g/mol. The lowest BCUT2D eigenvalue weighted by Gasteiger charge is -2.22. The Morgan fingerprint density at radius 1 is 1.09 bits per heavy atom. The third kappa shape index (κ3) is 0.878. The predicted molar refractivity (Wildman–Crippen MR) is 46.3 cm³/mol. The predicted octanol–water partition coefficient (Wildman–Crippen LogP) is 3.37. The van der Waals surface area contributed by atoms with E-state index >= 15 is 0 Å². The summed E-state index contributed by atoms with van der Waals surface area (Å²) in [5, 5.41) is 0. The van der Waals surface area contributed by atoms with Gasteiger partial charge in [0.05, 0.1) is 0 Å². The van der Waals surface area contributed by atoms with Crippen molar-refractivity contribution in [1.29, 1.82) is 0 Å². The average Bonchev–Trinajstić information content (AvgIpc) is 2.62. The highest BCUT2D eigenvalue weighted by molar-refractivity contribution is 5.13. The lowest BCUT2D eigenvalue weighted by Crippen LogP contribution is -2.14. The van der Waals surface area contributed by atoms with E-state index < -0.39 is 0 Å². The van der Waals surface area contributed by atoms with E-state index in [9.17, 15) is 0 Å². The molecule has 0 bridgehead atoms. The molecule has 0 aromatic heterocycles. The maximum absolute atomic E-state index is 2.53. The second-order valence-electron chi connectivity index (χ2n) is 5.49. The van der Waals surface area contributed by atoms with E-state index in [1.54, 1.807) is 44.9 Å². The Morgan fingerprint density at radius 3 is 2.09 bits per heavy atom. The fourth-order valence-corrected chi connectivity index (χ4v) is 2.80. The fourth-order valence-electron chi connectivity index (χ4n) is 2.80. The molecule has 0 amide bonds. The van der Waals surface area contributed by atoms with Crippen LogP contribution in [0.3, 0.4) is 0 Å². The van der Waals surface area contributed by atoms with Crippen LogP contribution < -0.4 is 0 Å². The first-order chi connectivity index (χ1) is 5.24. The maximum Gasteiger partial charge on any atom is -0.0241 e. The zero-order valence-corrected chi connectivity index (χ0v) is 7.53. The molecule has 0 unspecified atom stereocenters. The van der Waals surface area contributed by atoms with Crippen molar-refractivity contribution in [3.8, 4) is 0 Å². The molecule has 3 rings (SSSR count). The minimum atomic E-state index is 0.829. The van der Waals surface area contributed by atoms with Crippen molar-refractivity contribution < 1.29 is 0 Å². The largest absolute Gasteiger partial charge is 0.0591 e. The molecule has 0 nitrogen and oxygen atoms in total. The van der Waals surface area contributed by atoms with Crippen molar-refractivity contribution in [2.45, 2.75) is 51.9 Å². The van der Waals surface area contributed by atoms with Gasteiger partial charge in [-0.25, -0.2) is 0 Å². The summed E-state index contributed by atoms with van der Waals surface area (Å²) in [6.45, 7) is 2.53. The monoisotopic (exact) mass is 150 g/mol. The normalized spacial score (nSPS) is 36.8. The molecule has 11 heavy (non-hydrogen) atoms. The Balaban J connectivity index is 1.72. The van der Waals surface area contributed by atoms with Crippen LogP contribution >= 0.6 is 0 Å². The highest BCUT2D eigenvalue weighted by Gasteiger charge is 2.62. The lowest BCUT2D eigenvalue weighted by molar-refractivity contribution is 0.272. The Kier molecular flexibility index (Phi) is 0.990. The number of rotatable bonds is 3. The van der Waals surface area contributed by atoms with Gasteiger partial charge in [0.2, 0.25) is 0 Å². The standard InChI is InChI=1S/C11H18/c1-10(4-5-10)11(6-7-11)8-9-2-3-9/h9H,2-8H2,1H3. The molecule has 0 radical (unpaired) electrons. The van der Waals surface area contributed by atoms with Gasteiger partial charge in [-0.2, -0.15) is 0 Å². The van der Waals surface area contributed by atoms with Crippen LogP contribution in [0.4, 0.5) is 0 Å². The van der Waals surface area contributed by atoms with Crippen LogP contribution in [-0.4, -0.2) is 0 Å². The quantitative estimate of drug-likeness (QED) is 0.578. The Bertz CT molecular complexity index is 180.